The predicted octanol–water partition coefficient (Wildman–Crippen LogP) is 3.81. The number of anilines is 1. The van der Waals surface area contributed by atoms with Gasteiger partial charge in [0.15, 0.2) is 0 Å². The van der Waals surface area contributed by atoms with Crippen LogP contribution in [0.5, 0.6) is 0 Å². The minimum atomic E-state index is -0.289. The molecular weight excluding hydrogens is 354 g/mol. The zero-order valence-electron chi connectivity index (χ0n) is 15.5. The van der Waals surface area contributed by atoms with Gasteiger partial charge in [-0.2, -0.15) is 0 Å². The molecule has 1 heterocycles. The van der Waals surface area contributed by atoms with E-state index in [2.05, 4.69) is 10.7 Å². The Kier molecular flexibility index (Phi) is 6.98. The van der Waals surface area contributed by atoms with E-state index in [1.807, 2.05) is 48.5 Å². The first-order valence-corrected chi connectivity index (χ1v) is 9.17. The van der Waals surface area contributed by atoms with E-state index in [4.69, 9.17) is 4.74 Å². The smallest absolute Gasteiger partial charge is 0.274 e. The number of carbonyl (C=O) groups excluding carboxylic acids is 2. The van der Waals surface area contributed by atoms with Crippen molar-refractivity contribution in [2.75, 3.05) is 17.3 Å². The largest absolute Gasteiger partial charge is 0.377 e. The van der Waals surface area contributed by atoms with Gasteiger partial charge in [0.05, 0.1) is 6.61 Å². The van der Waals surface area contributed by atoms with Crippen LogP contribution in [0, 0.1) is 0 Å². The van der Waals surface area contributed by atoms with E-state index in [-0.39, 0.29) is 11.8 Å². The first-order chi connectivity index (χ1) is 13.7. The lowest BCUT2D eigenvalue weighted by atomic mass is 10.2. The maximum absolute atomic E-state index is 12.4. The topological polar surface area (TPSA) is 72.4 Å². The van der Waals surface area contributed by atoms with E-state index >= 15 is 0 Å². The molecule has 0 saturated carbocycles. The summed E-state index contributed by atoms with van der Waals surface area (Å²) >= 11 is 0. The van der Waals surface area contributed by atoms with Gasteiger partial charge in [-0.05, 0) is 36.2 Å². The number of carbonyl (C=O) groups is 2. The highest BCUT2D eigenvalue weighted by Crippen LogP contribution is 2.09. The molecule has 1 aromatic heterocycles. The van der Waals surface area contributed by atoms with Crippen LogP contribution < -0.4 is 10.7 Å². The molecule has 0 spiro atoms. The average molecular weight is 377 g/mol. The van der Waals surface area contributed by atoms with Crippen LogP contribution in [0.15, 0.2) is 79.0 Å². The van der Waals surface area contributed by atoms with Crippen molar-refractivity contribution in [1.82, 2.24) is 4.68 Å². The number of aromatic nitrogens is 1. The summed E-state index contributed by atoms with van der Waals surface area (Å²) in [6.45, 7) is 1.03. The quantitative estimate of drug-likeness (QED) is 0.557. The Labute approximate surface area is 164 Å². The van der Waals surface area contributed by atoms with Gasteiger partial charge < -0.3 is 10.1 Å². The monoisotopic (exact) mass is 377 g/mol. The molecule has 2 aromatic carbocycles. The van der Waals surface area contributed by atoms with Gasteiger partial charge in [-0.1, -0.05) is 48.5 Å². The van der Waals surface area contributed by atoms with E-state index in [9.17, 15) is 9.59 Å². The first-order valence-electron chi connectivity index (χ1n) is 9.17. The number of amides is 2. The van der Waals surface area contributed by atoms with Crippen molar-refractivity contribution < 1.29 is 14.3 Å². The fraction of sp³-hybridized carbons (Fsp3) is 0.182. The molecule has 2 amide bonds. The van der Waals surface area contributed by atoms with E-state index < -0.39 is 0 Å². The second-order valence-corrected chi connectivity index (χ2v) is 6.26. The maximum Gasteiger partial charge on any atom is 0.274 e. The Bertz CT molecular complexity index is 892. The summed E-state index contributed by atoms with van der Waals surface area (Å²) in [4.78, 5) is 24.6. The number of nitrogens with one attached hydrogen (secondary N) is 2. The van der Waals surface area contributed by atoms with Gasteiger partial charge in [0.1, 0.15) is 5.69 Å². The highest BCUT2D eigenvalue weighted by molar-refractivity contribution is 6.03. The number of rotatable bonds is 9. The third-order valence-corrected chi connectivity index (χ3v) is 4.06. The SMILES string of the molecule is O=C(CCCOCc1ccccc1)Nn1cccc1C(=O)Nc1ccccc1. The van der Waals surface area contributed by atoms with E-state index in [0.29, 0.717) is 37.4 Å². The number of hydrogen-bond acceptors (Lipinski definition) is 3. The molecule has 0 aliphatic rings. The second-order valence-electron chi connectivity index (χ2n) is 6.26. The highest BCUT2D eigenvalue weighted by atomic mass is 16.5. The van der Waals surface area contributed by atoms with Crippen molar-refractivity contribution in [3.8, 4) is 0 Å². The third kappa shape index (κ3) is 5.82. The van der Waals surface area contributed by atoms with Crippen LogP contribution in [-0.2, 0) is 16.1 Å². The lowest BCUT2D eigenvalue weighted by Gasteiger charge is -2.11. The predicted molar refractivity (Wildman–Crippen MR) is 109 cm³/mol. The van der Waals surface area contributed by atoms with Crippen molar-refractivity contribution >= 4 is 17.5 Å². The van der Waals surface area contributed by atoms with Gasteiger partial charge in [0, 0.05) is 24.9 Å². The molecule has 0 fully saturated rings. The van der Waals surface area contributed by atoms with Gasteiger partial charge >= 0.3 is 0 Å². The Balaban J connectivity index is 1.42. The Morgan fingerprint density at radius 2 is 1.61 bits per heavy atom. The summed E-state index contributed by atoms with van der Waals surface area (Å²) in [6.07, 6.45) is 2.56. The van der Waals surface area contributed by atoms with Crippen LogP contribution in [0.25, 0.3) is 0 Å². The fourth-order valence-electron chi connectivity index (χ4n) is 2.67. The van der Waals surface area contributed by atoms with Gasteiger partial charge in [-0.25, -0.2) is 0 Å². The summed E-state index contributed by atoms with van der Waals surface area (Å²) < 4.78 is 7.02. The molecule has 6 nitrogen and oxygen atoms in total. The number of benzene rings is 2. The van der Waals surface area contributed by atoms with Crippen molar-refractivity contribution in [2.24, 2.45) is 0 Å². The van der Waals surface area contributed by atoms with Crippen LogP contribution in [0.3, 0.4) is 0 Å². The second kappa shape index (κ2) is 10.1. The molecule has 3 rings (SSSR count). The van der Waals surface area contributed by atoms with Crippen molar-refractivity contribution in [1.29, 1.82) is 0 Å². The molecule has 3 aromatic rings. The summed E-state index contributed by atoms with van der Waals surface area (Å²) in [5, 5.41) is 2.80. The number of nitrogens with zero attached hydrogens (tertiary/aromatic N) is 1. The molecule has 0 radical (unpaired) electrons. The average Bonchev–Trinajstić information content (AvgIpc) is 3.17. The standard InChI is InChI=1S/C22H23N3O3/c26-21(14-8-16-28-17-18-9-3-1-4-10-18)24-25-15-7-13-20(25)22(27)23-19-11-5-2-6-12-19/h1-7,9-13,15H,8,14,16-17H2,(H,23,27)(H,24,26). The fourth-order valence-corrected chi connectivity index (χ4v) is 2.67. The molecular formula is C22H23N3O3. The van der Waals surface area contributed by atoms with Crippen LogP contribution >= 0.6 is 0 Å². The Hall–Kier alpha value is -3.38. The van der Waals surface area contributed by atoms with Gasteiger partial charge in [0.25, 0.3) is 5.91 Å². The summed E-state index contributed by atoms with van der Waals surface area (Å²) in [6, 6.07) is 22.4. The molecule has 2 N–H and O–H groups in total. The molecule has 6 heteroatoms. The lowest BCUT2D eigenvalue weighted by Crippen LogP contribution is -2.27. The third-order valence-electron chi connectivity index (χ3n) is 4.06. The molecule has 0 saturated heterocycles. The Morgan fingerprint density at radius 3 is 2.36 bits per heavy atom. The lowest BCUT2D eigenvalue weighted by molar-refractivity contribution is -0.117. The van der Waals surface area contributed by atoms with Gasteiger partial charge in [0.2, 0.25) is 5.91 Å². The van der Waals surface area contributed by atoms with Crippen molar-refractivity contribution in [3.63, 3.8) is 0 Å². The van der Waals surface area contributed by atoms with Crippen molar-refractivity contribution in [2.45, 2.75) is 19.4 Å². The number of ether oxygens (including phenoxy) is 1. The maximum atomic E-state index is 12.4. The molecule has 0 aliphatic carbocycles. The molecule has 0 atom stereocenters. The summed E-state index contributed by atoms with van der Waals surface area (Å²) in [7, 11) is 0. The zero-order chi connectivity index (χ0) is 19.6. The normalized spacial score (nSPS) is 10.4. The minimum absolute atomic E-state index is 0.173. The van der Waals surface area contributed by atoms with E-state index in [1.165, 1.54) is 4.68 Å². The van der Waals surface area contributed by atoms with E-state index in [0.717, 1.165) is 5.56 Å². The van der Waals surface area contributed by atoms with Gasteiger partial charge in [-0.15, -0.1) is 0 Å². The van der Waals surface area contributed by atoms with Crippen molar-refractivity contribution in [3.05, 3.63) is 90.3 Å². The Morgan fingerprint density at radius 1 is 0.893 bits per heavy atom. The highest BCUT2D eigenvalue weighted by Gasteiger charge is 2.12. The first kappa shape index (κ1) is 19.4. The van der Waals surface area contributed by atoms with Crippen LogP contribution in [-0.4, -0.2) is 23.1 Å². The minimum Gasteiger partial charge on any atom is -0.377 e. The zero-order valence-corrected chi connectivity index (χ0v) is 15.5. The van der Waals surface area contributed by atoms with E-state index in [1.54, 1.807) is 30.5 Å². The number of para-hydroxylation sites is 1. The van der Waals surface area contributed by atoms with Crippen LogP contribution in [0.4, 0.5) is 5.69 Å². The van der Waals surface area contributed by atoms with Crippen LogP contribution in [0.2, 0.25) is 0 Å². The summed E-state index contributed by atoms with van der Waals surface area (Å²) in [5.74, 6) is -0.462. The molecule has 0 bridgehead atoms. The molecule has 144 valence electrons. The number of hydrogen-bond donors (Lipinski definition) is 2. The molecule has 28 heavy (non-hydrogen) atoms. The van der Waals surface area contributed by atoms with Gasteiger partial charge in [-0.3, -0.25) is 19.7 Å². The molecule has 0 aliphatic heterocycles. The summed E-state index contributed by atoms with van der Waals surface area (Å²) in [5.41, 5.74) is 4.89. The van der Waals surface area contributed by atoms with Crippen LogP contribution in [0.1, 0.15) is 28.9 Å². The molecule has 0 unspecified atom stereocenters.